The minimum Gasteiger partial charge on any atom is -0.411 e. The number of anilines is 1. The molecule has 3 rings (SSSR count). The molecule has 0 spiro atoms. The average molecular weight is 459 g/mol. The minimum atomic E-state index is -4.65. The van der Waals surface area contributed by atoms with Gasteiger partial charge in [-0.15, -0.1) is 10.2 Å². The first-order chi connectivity index (χ1) is 14.1. The molecule has 1 N–H and O–H groups in total. The maximum atomic E-state index is 12.9. The monoisotopic (exact) mass is 458 g/mol. The molecule has 0 aliphatic heterocycles. The number of amides is 1. The van der Waals surface area contributed by atoms with Crippen molar-refractivity contribution in [2.24, 2.45) is 0 Å². The predicted octanol–water partition coefficient (Wildman–Crippen LogP) is 5.05. The molecule has 0 radical (unpaired) electrons. The van der Waals surface area contributed by atoms with Gasteiger partial charge in [-0.1, -0.05) is 23.4 Å². The largest absolute Gasteiger partial charge is 0.417 e. The number of carbonyl (C=O) groups is 1. The van der Waals surface area contributed by atoms with Crippen molar-refractivity contribution in [1.82, 2.24) is 10.2 Å². The van der Waals surface area contributed by atoms with Crippen molar-refractivity contribution in [2.45, 2.75) is 11.4 Å². The molecule has 3 aromatic rings. The number of carbonyl (C=O) groups excluding carboxylic acids is 1. The zero-order valence-corrected chi connectivity index (χ0v) is 16.2. The Balaban J connectivity index is 1.60. The van der Waals surface area contributed by atoms with Crippen molar-refractivity contribution in [3.63, 3.8) is 0 Å². The van der Waals surface area contributed by atoms with Gasteiger partial charge in [-0.05, 0) is 30.3 Å². The normalized spacial score (nSPS) is 11.3. The highest BCUT2D eigenvalue weighted by Gasteiger charge is 2.33. The van der Waals surface area contributed by atoms with E-state index in [4.69, 9.17) is 16.0 Å². The van der Waals surface area contributed by atoms with Crippen LogP contribution >= 0.6 is 23.4 Å². The Morgan fingerprint density at radius 3 is 2.53 bits per heavy atom. The summed E-state index contributed by atoms with van der Waals surface area (Å²) in [7, 11) is 0. The Hall–Kier alpha value is -3.12. The molecule has 0 aliphatic rings. The van der Waals surface area contributed by atoms with E-state index in [0.717, 1.165) is 23.9 Å². The summed E-state index contributed by atoms with van der Waals surface area (Å²) in [4.78, 5) is 22.1. The van der Waals surface area contributed by atoms with Crippen LogP contribution in [0.25, 0.3) is 11.5 Å². The van der Waals surface area contributed by atoms with E-state index in [1.54, 1.807) is 0 Å². The predicted molar refractivity (Wildman–Crippen MR) is 102 cm³/mol. The Bertz CT molecular complexity index is 1090. The third-order valence-electron chi connectivity index (χ3n) is 3.61. The molecule has 2 aromatic carbocycles. The van der Waals surface area contributed by atoms with E-state index in [1.807, 2.05) is 0 Å². The van der Waals surface area contributed by atoms with E-state index >= 15 is 0 Å². The van der Waals surface area contributed by atoms with E-state index in [0.29, 0.717) is 5.56 Å². The van der Waals surface area contributed by atoms with Gasteiger partial charge in [-0.25, -0.2) is 0 Å². The lowest BCUT2D eigenvalue weighted by atomic mass is 10.2. The molecule has 0 aliphatic carbocycles. The molecule has 0 atom stereocenters. The van der Waals surface area contributed by atoms with Gasteiger partial charge in [0.05, 0.1) is 21.3 Å². The fourth-order valence-electron chi connectivity index (χ4n) is 2.26. The van der Waals surface area contributed by atoms with Crippen LogP contribution in [-0.4, -0.2) is 26.8 Å². The van der Waals surface area contributed by atoms with Crippen molar-refractivity contribution in [1.29, 1.82) is 0 Å². The van der Waals surface area contributed by atoms with Crippen molar-refractivity contribution in [3.05, 3.63) is 63.2 Å². The lowest BCUT2D eigenvalue weighted by Gasteiger charge is -2.11. The second-order valence-corrected chi connectivity index (χ2v) is 7.04. The number of alkyl halides is 3. The molecule has 1 heterocycles. The number of rotatable bonds is 6. The number of aromatic nitrogens is 2. The smallest absolute Gasteiger partial charge is 0.411 e. The molecule has 0 fully saturated rings. The standard InChI is InChI=1S/C17H10ClF3N4O4S/c18-13-6-3-10(7-12(13)17(19,20)21)22-14(26)8-30-16-24-23-15(29-16)9-1-4-11(5-2-9)25(27)28/h1-7H,8H2,(H,22,26). The summed E-state index contributed by atoms with van der Waals surface area (Å²) in [5.74, 6) is -0.697. The molecular weight excluding hydrogens is 449 g/mol. The van der Waals surface area contributed by atoms with Gasteiger partial charge < -0.3 is 9.73 Å². The highest BCUT2D eigenvalue weighted by molar-refractivity contribution is 7.99. The van der Waals surface area contributed by atoms with Crippen molar-refractivity contribution in [3.8, 4) is 11.5 Å². The topological polar surface area (TPSA) is 111 Å². The maximum Gasteiger partial charge on any atom is 0.417 e. The lowest BCUT2D eigenvalue weighted by Crippen LogP contribution is -2.15. The highest BCUT2D eigenvalue weighted by atomic mass is 35.5. The Morgan fingerprint density at radius 2 is 1.90 bits per heavy atom. The minimum absolute atomic E-state index is 0.0468. The van der Waals surface area contributed by atoms with Gasteiger partial charge in [0.25, 0.3) is 10.9 Å². The summed E-state index contributed by atoms with van der Waals surface area (Å²) in [6, 6.07) is 8.46. The number of hydrogen-bond acceptors (Lipinski definition) is 7. The van der Waals surface area contributed by atoms with Crippen LogP contribution in [0.5, 0.6) is 0 Å². The number of nitrogens with zero attached hydrogens (tertiary/aromatic N) is 3. The van der Waals surface area contributed by atoms with Crippen LogP contribution in [-0.2, 0) is 11.0 Å². The first kappa shape index (κ1) is 21.6. The van der Waals surface area contributed by atoms with Crippen molar-refractivity contribution in [2.75, 3.05) is 11.1 Å². The number of hydrogen-bond donors (Lipinski definition) is 1. The number of benzene rings is 2. The molecule has 8 nitrogen and oxygen atoms in total. The fourth-order valence-corrected chi connectivity index (χ4v) is 3.04. The number of nitro groups is 1. The molecular formula is C17H10ClF3N4O4S. The lowest BCUT2D eigenvalue weighted by molar-refractivity contribution is -0.384. The van der Waals surface area contributed by atoms with Gasteiger partial charge in [0, 0.05) is 23.4 Å². The van der Waals surface area contributed by atoms with Crippen LogP contribution in [0.4, 0.5) is 24.5 Å². The summed E-state index contributed by atoms with van der Waals surface area (Å²) in [6.07, 6.45) is -4.65. The Labute approximate surface area is 175 Å². The molecule has 0 unspecified atom stereocenters. The molecule has 0 bridgehead atoms. The summed E-state index contributed by atoms with van der Waals surface area (Å²) in [5, 5.41) is 20.1. The van der Waals surface area contributed by atoms with Gasteiger partial charge in [0.2, 0.25) is 11.8 Å². The summed E-state index contributed by atoms with van der Waals surface area (Å²) in [6.45, 7) is 0. The van der Waals surface area contributed by atoms with Crippen LogP contribution < -0.4 is 5.32 Å². The first-order valence-corrected chi connectivity index (χ1v) is 9.37. The van der Waals surface area contributed by atoms with E-state index in [9.17, 15) is 28.1 Å². The summed E-state index contributed by atoms with van der Waals surface area (Å²) < 4.78 is 44.0. The van der Waals surface area contributed by atoms with Crippen LogP contribution in [0.15, 0.2) is 52.1 Å². The number of thioether (sulfide) groups is 1. The summed E-state index contributed by atoms with van der Waals surface area (Å²) >= 11 is 6.41. The number of nitrogens with one attached hydrogen (secondary N) is 1. The van der Waals surface area contributed by atoms with Gasteiger partial charge in [-0.3, -0.25) is 14.9 Å². The second kappa shape index (κ2) is 8.71. The molecule has 1 aromatic heterocycles. The first-order valence-electron chi connectivity index (χ1n) is 8.01. The third-order valence-corrected chi connectivity index (χ3v) is 4.76. The molecule has 0 saturated carbocycles. The van der Waals surface area contributed by atoms with Gasteiger partial charge in [-0.2, -0.15) is 13.2 Å². The second-order valence-electron chi connectivity index (χ2n) is 5.71. The highest BCUT2D eigenvalue weighted by Crippen LogP contribution is 2.36. The van der Waals surface area contributed by atoms with E-state index < -0.39 is 27.6 Å². The Kier molecular flexibility index (Phi) is 6.27. The number of non-ortho nitro benzene ring substituents is 1. The van der Waals surface area contributed by atoms with Gasteiger partial charge >= 0.3 is 6.18 Å². The SMILES string of the molecule is O=C(CSc1nnc(-c2ccc([N+](=O)[O-])cc2)o1)Nc1ccc(Cl)c(C(F)(F)F)c1. The van der Waals surface area contributed by atoms with Crippen molar-refractivity contribution < 1.29 is 27.3 Å². The molecule has 156 valence electrons. The summed E-state index contributed by atoms with van der Waals surface area (Å²) in [5.41, 5.74) is -0.764. The van der Waals surface area contributed by atoms with Gasteiger partial charge in [0.1, 0.15) is 0 Å². The molecule has 0 saturated heterocycles. The zero-order chi connectivity index (χ0) is 21.9. The zero-order valence-electron chi connectivity index (χ0n) is 14.6. The fraction of sp³-hybridized carbons (Fsp3) is 0.118. The van der Waals surface area contributed by atoms with E-state index in [1.165, 1.54) is 30.3 Å². The quantitative estimate of drug-likeness (QED) is 0.312. The van der Waals surface area contributed by atoms with Crippen LogP contribution in [0, 0.1) is 10.1 Å². The molecule has 30 heavy (non-hydrogen) atoms. The van der Waals surface area contributed by atoms with E-state index in [2.05, 4.69) is 15.5 Å². The number of nitro benzene ring substituents is 1. The van der Waals surface area contributed by atoms with E-state index in [-0.39, 0.29) is 28.2 Å². The molecule has 13 heteroatoms. The maximum absolute atomic E-state index is 12.9. The van der Waals surface area contributed by atoms with Crippen LogP contribution in [0.2, 0.25) is 5.02 Å². The third kappa shape index (κ3) is 5.27. The number of halogens is 4. The molecule has 1 amide bonds. The van der Waals surface area contributed by atoms with Gasteiger partial charge in [0.15, 0.2) is 0 Å². The van der Waals surface area contributed by atoms with Crippen LogP contribution in [0.3, 0.4) is 0 Å². The average Bonchev–Trinajstić information content (AvgIpc) is 3.16. The van der Waals surface area contributed by atoms with Crippen molar-refractivity contribution >= 4 is 40.6 Å². The Morgan fingerprint density at radius 1 is 1.20 bits per heavy atom. The van der Waals surface area contributed by atoms with Crippen LogP contribution in [0.1, 0.15) is 5.56 Å².